The maximum atomic E-state index is 12.8. The monoisotopic (exact) mass is 503 g/mol. The van der Waals surface area contributed by atoms with Gasteiger partial charge in [-0.25, -0.2) is 0 Å². The number of carbonyl (C=O) groups excluding carboxylic acids is 3. The summed E-state index contributed by atoms with van der Waals surface area (Å²) >= 11 is 5.81. The lowest BCUT2D eigenvalue weighted by atomic mass is 10.1. The van der Waals surface area contributed by atoms with Crippen molar-refractivity contribution >= 4 is 40.8 Å². The Bertz CT molecular complexity index is 1130. The topological polar surface area (TPSA) is 137 Å². The van der Waals surface area contributed by atoms with Gasteiger partial charge >= 0.3 is 17.8 Å². The van der Waals surface area contributed by atoms with Crippen LogP contribution in [0.25, 0.3) is 0 Å². The van der Waals surface area contributed by atoms with E-state index in [9.17, 15) is 37.7 Å². The number of carbonyl (C=O) groups is 3. The van der Waals surface area contributed by atoms with Crippen LogP contribution in [-0.2, 0) is 20.5 Å². The molecule has 0 fully saturated rings. The van der Waals surface area contributed by atoms with Gasteiger partial charge in [0.1, 0.15) is 6.54 Å². The number of nitrogens with one attached hydrogen (secondary N) is 2. The van der Waals surface area contributed by atoms with Crippen molar-refractivity contribution in [3.63, 3.8) is 0 Å². The molecule has 0 saturated carbocycles. The van der Waals surface area contributed by atoms with Crippen molar-refractivity contribution in [2.75, 3.05) is 19.0 Å². The molecule has 0 aliphatic heterocycles. The van der Waals surface area contributed by atoms with Crippen molar-refractivity contribution < 1.29 is 42.0 Å². The summed E-state index contributed by atoms with van der Waals surface area (Å²) in [6.45, 7) is 0.462. The van der Waals surface area contributed by atoms with Gasteiger partial charge in [-0.05, 0) is 37.3 Å². The van der Waals surface area contributed by atoms with Gasteiger partial charge in [-0.15, -0.1) is 0 Å². The molecule has 14 heteroatoms. The third-order valence-corrected chi connectivity index (χ3v) is 4.59. The van der Waals surface area contributed by atoms with Crippen LogP contribution in [0.3, 0.4) is 0 Å². The Labute approximate surface area is 195 Å². The summed E-state index contributed by atoms with van der Waals surface area (Å²) in [5.74, 6) is -2.92. The smallest absolute Gasteiger partial charge is 0.416 e. The number of nitro benzene ring substituents is 1. The third kappa shape index (κ3) is 6.81. The average Bonchev–Trinajstić information content (AvgIpc) is 2.77. The quantitative estimate of drug-likeness (QED) is 0.319. The zero-order valence-corrected chi connectivity index (χ0v) is 18.3. The van der Waals surface area contributed by atoms with Gasteiger partial charge in [0.25, 0.3) is 11.8 Å². The van der Waals surface area contributed by atoms with E-state index in [0.29, 0.717) is 6.07 Å². The van der Waals surface area contributed by atoms with Crippen molar-refractivity contribution in [3.05, 3.63) is 62.7 Å². The number of amides is 2. The molecule has 2 amide bonds. The van der Waals surface area contributed by atoms with Gasteiger partial charge in [-0.2, -0.15) is 13.2 Å². The van der Waals surface area contributed by atoms with Crippen LogP contribution in [0.2, 0.25) is 5.02 Å². The van der Waals surface area contributed by atoms with Crippen molar-refractivity contribution in [2.24, 2.45) is 0 Å². The number of alkyl halides is 3. The van der Waals surface area contributed by atoms with Crippen LogP contribution < -0.4 is 15.4 Å². The molecule has 0 aromatic heterocycles. The second-order valence-corrected chi connectivity index (χ2v) is 7.05. The van der Waals surface area contributed by atoms with Crippen LogP contribution in [0.1, 0.15) is 22.8 Å². The molecule has 0 aliphatic rings. The van der Waals surface area contributed by atoms with E-state index in [-0.39, 0.29) is 22.0 Å². The van der Waals surface area contributed by atoms with Crippen LogP contribution in [0, 0.1) is 10.1 Å². The van der Waals surface area contributed by atoms with Crippen molar-refractivity contribution in [1.82, 2.24) is 5.32 Å². The number of hydrogen-bond acceptors (Lipinski definition) is 7. The largest absolute Gasteiger partial charge is 0.490 e. The van der Waals surface area contributed by atoms with Crippen LogP contribution in [-0.4, -0.2) is 42.5 Å². The van der Waals surface area contributed by atoms with E-state index in [1.54, 1.807) is 0 Å². The molecule has 34 heavy (non-hydrogen) atoms. The van der Waals surface area contributed by atoms with Crippen molar-refractivity contribution in [1.29, 1.82) is 0 Å². The molecular weight excluding hydrogens is 487 g/mol. The van der Waals surface area contributed by atoms with Crippen molar-refractivity contribution in [3.8, 4) is 5.75 Å². The molecule has 1 atom stereocenters. The van der Waals surface area contributed by atoms with Gasteiger partial charge in [0.2, 0.25) is 0 Å². The first-order valence-corrected chi connectivity index (χ1v) is 9.69. The Hall–Kier alpha value is -3.87. The lowest BCUT2D eigenvalue weighted by molar-refractivity contribution is -0.385. The number of rotatable bonds is 8. The fourth-order valence-corrected chi connectivity index (χ4v) is 2.72. The van der Waals surface area contributed by atoms with Crippen LogP contribution in [0.5, 0.6) is 5.75 Å². The van der Waals surface area contributed by atoms with E-state index >= 15 is 0 Å². The molecule has 0 saturated heterocycles. The molecule has 10 nitrogen and oxygen atoms in total. The van der Waals surface area contributed by atoms with Crippen LogP contribution in [0.4, 0.5) is 24.5 Å². The highest BCUT2D eigenvalue weighted by Gasteiger charge is 2.31. The van der Waals surface area contributed by atoms with E-state index in [4.69, 9.17) is 21.1 Å². The number of esters is 1. The first-order chi connectivity index (χ1) is 15.8. The van der Waals surface area contributed by atoms with Gasteiger partial charge in [0, 0.05) is 11.6 Å². The number of anilines is 1. The number of nitrogens with zero attached hydrogens (tertiary/aromatic N) is 1. The third-order valence-electron chi connectivity index (χ3n) is 4.26. The number of hydrogen-bond donors (Lipinski definition) is 2. The average molecular weight is 504 g/mol. The van der Waals surface area contributed by atoms with Crippen LogP contribution in [0.15, 0.2) is 36.4 Å². The van der Waals surface area contributed by atoms with Gasteiger partial charge in [-0.1, -0.05) is 11.6 Å². The number of halogens is 4. The molecule has 182 valence electrons. The normalized spacial score (nSPS) is 11.8. The highest BCUT2D eigenvalue weighted by atomic mass is 35.5. The van der Waals surface area contributed by atoms with E-state index in [1.807, 2.05) is 0 Å². The predicted molar refractivity (Wildman–Crippen MR) is 113 cm³/mol. The molecular formula is C20H17ClF3N3O7. The van der Waals surface area contributed by atoms with E-state index in [1.165, 1.54) is 19.2 Å². The Balaban J connectivity index is 1.95. The van der Waals surface area contributed by atoms with E-state index in [2.05, 4.69) is 10.6 Å². The summed E-state index contributed by atoms with van der Waals surface area (Å²) < 4.78 is 48.2. The molecule has 2 rings (SSSR count). The summed E-state index contributed by atoms with van der Waals surface area (Å²) in [5, 5.41) is 15.2. The Morgan fingerprint density at radius 3 is 2.44 bits per heavy atom. The fraction of sp³-hybridized carbons (Fsp3) is 0.250. The SMILES string of the molecule is COc1ccc(C(=O)NCC(=O)OC(C)C(=O)Nc2cc(C(F)(F)F)ccc2Cl)cc1[N+](=O)[O-]. The Kier molecular flexibility index (Phi) is 8.41. The van der Waals surface area contributed by atoms with E-state index in [0.717, 1.165) is 25.1 Å². The van der Waals surface area contributed by atoms with Crippen LogP contribution >= 0.6 is 11.6 Å². The number of ether oxygens (including phenoxy) is 2. The van der Waals surface area contributed by atoms with Crippen molar-refractivity contribution in [2.45, 2.75) is 19.2 Å². The number of methoxy groups -OCH3 is 1. The van der Waals surface area contributed by atoms with E-state index < -0.39 is 52.8 Å². The summed E-state index contributed by atoms with van der Waals surface area (Å²) in [4.78, 5) is 46.6. The molecule has 1 unspecified atom stereocenters. The second kappa shape index (κ2) is 10.8. The van der Waals surface area contributed by atoms with Gasteiger partial charge in [-0.3, -0.25) is 24.5 Å². The fourth-order valence-electron chi connectivity index (χ4n) is 2.55. The maximum Gasteiger partial charge on any atom is 0.416 e. The summed E-state index contributed by atoms with van der Waals surface area (Å²) in [7, 11) is 1.22. The number of nitro groups is 1. The lowest BCUT2D eigenvalue weighted by Crippen LogP contribution is -2.36. The molecule has 0 aliphatic carbocycles. The standard InChI is InChI=1S/C20H17ClF3N3O7/c1-10(18(29)26-14-8-12(20(22,23)24)4-5-13(14)21)34-17(28)9-25-19(30)11-3-6-16(33-2)15(7-11)27(31)32/h3-8,10H,9H2,1-2H3,(H,25,30)(H,26,29). The van der Waals surface area contributed by atoms with Gasteiger partial charge in [0.05, 0.1) is 28.3 Å². The highest BCUT2D eigenvalue weighted by molar-refractivity contribution is 6.33. The summed E-state index contributed by atoms with van der Waals surface area (Å²) in [6.07, 6.45) is -6.11. The maximum absolute atomic E-state index is 12.8. The predicted octanol–water partition coefficient (Wildman–Crippen LogP) is 3.58. The number of benzene rings is 2. The minimum absolute atomic E-state index is 0.0679. The Morgan fingerprint density at radius 2 is 1.85 bits per heavy atom. The molecule has 2 aromatic carbocycles. The minimum Gasteiger partial charge on any atom is -0.490 e. The van der Waals surface area contributed by atoms with Gasteiger partial charge in [0.15, 0.2) is 11.9 Å². The first kappa shape index (κ1) is 26.4. The molecule has 0 heterocycles. The summed E-state index contributed by atoms with van der Waals surface area (Å²) in [6, 6.07) is 5.72. The second-order valence-electron chi connectivity index (χ2n) is 6.64. The van der Waals surface area contributed by atoms with Gasteiger partial charge < -0.3 is 20.1 Å². The molecule has 2 N–H and O–H groups in total. The zero-order valence-electron chi connectivity index (χ0n) is 17.6. The molecule has 0 spiro atoms. The summed E-state index contributed by atoms with van der Waals surface area (Å²) in [5.41, 5.74) is -1.97. The molecule has 0 bridgehead atoms. The lowest BCUT2D eigenvalue weighted by Gasteiger charge is -2.16. The minimum atomic E-state index is -4.66. The Morgan fingerprint density at radius 1 is 1.18 bits per heavy atom. The first-order valence-electron chi connectivity index (χ1n) is 9.31. The molecule has 0 radical (unpaired) electrons. The zero-order chi connectivity index (χ0) is 25.6. The molecule has 2 aromatic rings. The highest BCUT2D eigenvalue weighted by Crippen LogP contribution is 2.34.